The van der Waals surface area contributed by atoms with Gasteiger partial charge in [-0.25, -0.2) is 19.4 Å². The molecule has 2 unspecified atom stereocenters. The number of amides is 4. The Kier molecular flexibility index (Phi) is 6.85. The van der Waals surface area contributed by atoms with Crippen molar-refractivity contribution in [1.29, 1.82) is 0 Å². The number of carbonyl (C=O) groups is 4. The summed E-state index contributed by atoms with van der Waals surface area (Å²) in [4.78, 5) is 57.7. The minimum Gasteiger partial charge on any atom is -0.432 e. The van der Waals surface area contributed by atoms with Gasteiger partial charge in [-0.05, 0) is 85.5 Å². The summed E-state index contributed by atoms with van der Waals surface area (Å²) in [5.74, 6) is -0.677. The number of nitrogens with zero attached hydrogens (tertiary/aromatic N) is 3. The summed E-state index contributed by atoms with van der Waals surface area (Å²) in [5, 5.41) is 15.7. The van der Waals surface area contributed by atoms with Gasteiger partial charge < -0.3 is 20.0 Å². The van der Waals surface area contributed by atoms with Crippen molar-refractivity contribution in [2.24, 2.45) is 10.8 Å². The molecule has 0 aromatic carbocycles. The summed E-state index contributed by atoms with van der Waals surface area (Å²) >= 11 is 0. The number of imide groups is 2. The molecule has 242 valence electrons. The van der Waals surface area contributed by atoms with Crippen LogP contribution in [0.2, 0.25) is 0 Å². The summed E-state index contributed by atoms with van der Waals surface area (Å²) in [7, 11) is 0. The lowest BCUT2D eigenvalue weighted by molar-refractivity contribution is -0.267. The number of hydrogen-bond acceptors (Lipinski definition) is 9. The highest BCUT2D eigenvalue weighted by molar-refractivity contribution is 6.04. The number of rotatable bonds is 3. The van der Waals surface area contributed by atoms with E-state index in [1.165, 1.54) is 14.9 Å². The average Bonchev–Trinajstić information content (AvgIpc) is 3.10. The van der Waals surface area contributed by atoms with Crippen molar-refractivity contribution in [3.8, 4) is 0 Å². The SMILES string of the molecule is CC1(C)CC(N2C(=O)OC3(CC(C)(C)N(O)C(C)(C)C3)C2=O)CC(C)(CN2C(=O)OC3(CC(C)(C)NC(C)(C)C3)C2=O)C1. The number of piperidine rings is 2. The first-order chi connectivity index (χ1) is 19.3. The summed E-state index contributed by atoms with van der Waals surface area (Å²) in [6, 6.07) is -0.467. The zero-order valence-electron chi connectivity index (χ0n) is 28.0. The molecular formula is C32H52N4O7. The third kappa shape index (κ3) is 5.37. The van der Waals surface area contributed by atoms with Gasteiger partial charge in [-0.2, -0.15) is 5.06 Å². The van der Waals surface area contributed by atoms with Crippen LogP contribution in [-0.4, -0.2) is 90.0 Å². The lowest BCUT2D eigenvalue weighted by Crippen LogP contribution is -2.66. The molecule has 5 aliphatic rings. The predicted molar refractivity (Wildman–Crippen MR) is 158 cm³/mol. The van der Waals surface area contributed by atoms with Crippen LogP contribution < -0.4 is 5.32 Å². The van der Waals surface area contributed by atoms with Crippen molar-refractivity contribution in [2.75, 3.05) is 6.54 Å². The Morgan fingerprint density at radius 1 is 0.698 bits per heavy atom. The van der Waals surface area contributed by atoms with Gasteiger partial charge in [0.05, 0.1) is 0 Å². The molecule has 2 spiro atoms. The van der Waals surface area contributed by atoms with Gasteiger partial charge in [0, 0.05) is 60.4 Å². The predicted octanol–water partition coefficient (Wildman–Crippen LogP) is 4.99. The van der Waals surface area contributed by atoms with Gasteiger partial charge in [0.1, 0.15) is 0 Å². The fourth-order valence-corrected chi connectivity index (χ4v) is 10.2. The van der Waals surface area contributed by atoms with Gasteiger partial charge in [-0.1, -0.05) is 20.8 Å². The van der Waals surface area contributed by atoms with E-state index in [1.54, 1.807) is 0 Å². The summed E-state index contributed by atoms with van der Waals surface area (Å²) in [6.07, 6.45) is 1.51. The average molecular weight is 605 g/mol. The van der Waals surface area contributed by atoms with Gasteiger partial charge >= 0.3 is 12.2 Å². The van der Waals surface area contributed by atoms with Crippen LogP contribution in [0.5, 0.6) is 0 Å². The van der Waals surface area contributed by atoms with Crippen molar-refractivity contribution in [3.05, 3.63) is 0 Å². The van der Waals surface area contributed by atoms with E-state index in [9.17, 15) is 24.4 Å². The fourth-order valence-electron chi connectivity index (χ4n) is 10.2. The second-order valence-corrected chi connectivity index (χ2v) is 18.0. The Labute approximate surface area is 255 Å². The van der Waals surface area contributed by atoms with E-state index in [1.807, 2.05) is 62.3 Å². The molecule has 1 aliphatic carbocycles. The van der Waals surface area contributed by atoms with Gasteiger partial charge in [0.25, 0.3) is 11.8 Å². The van der Waals surface area contributed by atoms with E-state index in [4.69, 9.17) is 9.47 Å². The molecule has 0 aromatic rings. The molecule has 43 heavy (non-hydrogen) atoms. The van der Waals surface area contributed by atoms with E-state index in [0.29, 0.717) is 32.1 Å². The summed E-state index contributed by atoms with van der Waals surface area (Å²) in [5.41, 5.74) is -5.85. The largest absolute Gasteiger partial charge is 0.432 e. The molecule has 4 saturated heterocycles. The van der Waals surface area contributed by atoms with E-state index >= 15 is 0 Å². The zero-order chi connectivity index (χ0) is 32.4. The molecule has 5 rings (SSSR count). The number of nitrogens with one attached hydrogen (secondary N) is 1. The maximum Gasteiger partial charge on any atom is 0.417 e. The van der Waals surface area contributed by atoms with Crippen molar-refractivity contribution in [2.45, 2.75) is 161 Å². The fraction of sp³-hybridized carbons (Fsp3) is 0.875. The third-order valence-corrected chi connectivity index (χ3v) is 10.3. The normalized spacial score (nSPS) is 35.4. The maximum atomic E-state index is 14.2. The van der Waals surface area contributed by atoms with E-state index in [-0.39, 0.29) is 36.6 Å². The Morgan fingerprint density at radius 2 is 1.19 bits per heavy atom. The molecule has 0 bridgehead atoms. The van der Waals surface area contributed by atoms with Gasteiger partial charge in [0.2, 0.25) is 0 Å². The minimum atomic E-state index is -1.36. The van der Waals surface area contributed by atoms with Crippen molar-refractivity contribution < 1.29 is 33.9 Å². The van der Waals surface area contributed by atoms with Crippen LogP contribution in [0.15, 0.2) is 0 Å². The Morgan fingerprint density at radius 3 is 1.72 bits per heavy atom. The Bertz CT molecular complexity index is 1220. The molecule has 0 radical (unpaired) electrons. The van der Waals surface area contributed by atoms with Gasteiger partial charge in [-0.3, -0.25) is 9.59 Å². The van der Waals surface area contributed by atoms with Crippen LogP contribution in [0.1, 0.15) is 121 Å². The molecule has 4 heterocycles. The zero-order valence-corrected chi connectivity index (χ0v) is 28.0. The van der Waals surface area contributed by atoms with E-state index in [0.717, 1.165) is 0 Å². The molecule has 11 heteroatoms. The lowest BCUT2D eigenvalue weighted by Gasteiger charge is -2.53. The highest BCUT2D eigenvalue weighted by Crippen LogP contribution is 2.53. The molecule has 2 atom stereocenters. The third-order valence-electron chi connectivity index (χ3n) is 10.3. The first kappa shape index (κ1) is 32.2. The standard InChI is InChI=1S/C32H52N4O7/c1-25(2)12-20(35-22(38)32(43-24(35)40)17-28(7,8)36(41)29(9,10)18-32)13-30(11,14-25)19-34-21(37)31(42-23(34)39)15-26(3,4)33-27(5,6)16-31/h20,33,41H,12-19H2,1-11H3. The number of hydrogen-bond donors (Lipinski definition) is 2. The molecule has 11 nitrogen and oxygen atoms in total. The van der Waals surface area contributed by atoms with Crippen molar-refractivity contribution in [1.82, 2.24) is 20.2 Å². The first-order valence-corrected chi connectivity index (χ1v) is 15.7. The van der Waals surface area contributed by atoms with Crippen LogP contribution in [-0.2, 0) is 19.1 Å². The molecular weight excluding hydrogens is 552 g/mol. The topological polar surface area (TPSA) is 129 Å². The maximum absolute atomic E-state index is 14.2. The highest BCUT2D eigenvalue weighted by Gasteiger charge is 2.66. The van der Waals surface area contributed by atoms with Crippen LogP contribution in [0, 0.1) is 10.8 Å². The van der Waals surface area contributed by atoms with Gasteiger partial charge in [-0.15, -0.1) is 0 Å². The number of hydroxylamine groups is 2. The molecule has 5 fully saturated rings. The first-order valence-electron chi connectivity index (χ1n) is 15.7. The quantitative estimate of drug-likeness (QED) is 0.458. The molecule has 4 aliphatic heterocycles. The smallest absolute Gasteiger partial charge is 0.417 e. The van der Waals surface area contributed by atoms with Crippen LogP contribution in [0.3, 0.4) is 0 Å². The molecule has 1 saturated carbocycles. The summed E-state index contributed by atoms with van der Waals surface area (Å²) < 4.78 is 11.9. The number of ether oxygens (including phenoxy) is 2. The lowest BCUT2D eigenvalue weighted by atomic mass is 9.62. The van der Waals surface area contributed by atoms with Crippen LogP contribution in [0.25, 0.3) is 0 Å². The molecule has 2 N–H and O–H groups in total. The Balaban J connectivity index is 1.40. The van der Waals surface area contributed by atoms with Crippen molar-refractivity contribution >= 4 is 24.0 Å². The molecule has 4 amide bonds. The highest BCUT2D eigenvalue weighted by atomic mass is 16.6. The minimum absolute atomic E-state index is 0.141. The van der Waals surface area contributed by atoms with Crippen LogP contribution in [0.4, 0.5) is 9.59 Å². The van der Waals surface area contributed by atoms with E-state index < -0.39 is 57.0 Å². The van der Waals surface area contributed by atoms with Crippen molar-refractivity contribution in [3.63, 3.8) is 0 Å². The van der Waals surface area contributed by atoms with E-state index in [2.05, 4.69) is 19.2 Å². The Hall–Kier alpha value is -2.24. The number of carbonyl (C=O) groups excluding carboxylic acids is 4. The summed E-state index contributed by atoms with van der Waals surface area (Å²) in [6.45, 7) is 21.8. The monoisotopic (exact) mass is 604 g/mol. The van der Waals surface area contributed by atoms with Gasteiger partial charge in [0.15, 0.2) is 11.2 Å². The molecule has 0 aromatic heterocycles. The second-order valence-electron chi connectivity index (χ2n) is 18.0. The van der Waals surface area contributed by atoms with Crippen LogP contribution >= 0.6 is 0 Å². The second kappa shape index (κ2) is 9.16.